The van der Waals surface area contributed by atoms with Crippen LogP contribution in [0.1, 0.15) is 46.0 Å². The molecule has 1 aliphatic heterocycles. The van der Waals surface area contributed by atoms with Gasteiger partial charge < -0.3 is 5.73 Å². The van der Waals surface area contributed by atoms with E-state index in [0.717, 1.165) is 19.3 Å². The van der Waals surface area contributed by atoms with E-state index in [1.165, 1.54) is 11.5 Å². The van der Waals surface area contributed by atoms with Crippen LogP contribution in [0.5, 0.6) is 0 Å². The van der Waals surface area contributed by atoms with Crippen molar-refractivity contribution in [1.29, 1.82) is 0 Å². The van der Waals surface area contributed by atoms with Crippen LogP contribution in [0.4, 0.5) is 0 Å². The molecule has 0 aromatic heterocycles. The van der Waals surface area contributed by atoms with Crippen molar-refractivity contribution in [3.05, 3.63) is 0 Å². The molecule has 2 atom stereocenters. The minimum atomic E-state index is -0.571. The number of fused-ring (bicyclic) bond motifs is 1. The summed E-state index contributed by atoms with van der Waals surface area (Å²) >= 11 is 0. The molecule has 2 rings (SSSR count). The first-order valence-corrected chi connectivity index (χ1v) is 6.14. The average molecular weight is 229 g/mol. The molecule has 3 N–H and O–H groups in total. The number of hydrogen-bond donors (Lipinski definition) is 2. The topological polar surface area (TPSA) is 67.6 Å². The second kappa shape index (κ2) is 5.61. The predicted octanol–water partition coefficient (Wildman–Crippen LogP) is 1.16. The molecule has 94 valence electrons. The van der Waals surface area contributed by atoms with Gasteiger partial charge >= 0.3 is 0 Å². The van der Waals surface area contributed by atoms with Crippen LogP contribution in [-0.2, 0) is 9.73 Å². The van der Waals surface area contributed by atoms with Gasteiger partial charge in [-0.15, -0.1) is 0 Å². The zero-order chi connectivity index (χ0) is 12.2. The maximum Gasteiger partial charge on any atom is 0.249 e. The molecule has 2 aliphatic rings. The number of nitrogens with zero attached hydrogens (tertiary/aromatic N) is 1. The fourth-order valence-corrected chi connectivity index (χ4v) is 2.55. The lowest BCUT2D eigenvalue weighted by atomic mass is 9.80. The Morgan fingerprint density at radius 3 is 2.81 bits per heavy atom. The van der Waals surface area contributed by atoms with Crippen molar-refractivity contribution in [2.75, 3.05) is 7.05 Å². The van der Waals surface area contributed by atoms with E-state index >= 15 is 0 Å². The maximum atomic E-state index is 11.6. The maximum absolute atomic E-state index is 11.6. The zero-order valence-corrected chi connectivity index (χ0v) is 10.5. The van der Waals surface area contributed by atoms with Crippen molar-refractivity contribution in [2.45, 2.75) is 51.6 Å². The third-order valence-corrected chi connectivity index (χ3v) is 3.30. The van der Waals surface area contributed by atoms with Crippen molar-refractivity contribution in [1.82, 2.24) is 10.5 Å². The number of nitrogens with two attached hydrogens (primary N) is 1. The summed E-state index contributed by atoms with van der Waals surface area (Å²) in [4.78, 5) is 16.7. The molecule has 0 spiro atoms. The first-order valence-electron chi connectivity index (χ1n) is 6.14. The van der Waals surface area contributed by atoms with E-state index in [4.69, 9.17) is 10.7 Å². The second-order valence-corrected chi connectivity index (χ2v) is 4.12. The molecule has 0 aromatic rings. The Labute approximate surface area is 97.2 Å². The lowest BCUT2D eigenvalue weighted by molar-refractivity contribution is -0.244. The summed E-state index contributed by atoms with van der Waals surface area (Å²) in [6.45, 7) is 4.00. The van der Waals surface area contributed by atoms with E-state index in [1.807, 2.05) is 13.8 Å². The number of amides is 1. The van der Waals surface area contributed by atoms with Gasteiger partial charge in [-0.05, 0) is 19.3 Å². The zero-order valence-electron chi connectivity index (χ0n) is 10.5. The van der Waals surface area contributed by atoms with E-state index in [9.17, 15) is 4.79 Å². The van der Waals surface area contributed by atoms with Crippen LogP contribution in [0.25, 0.3) is 0 Å². The summed E-state index contributed by atoms with van der Waals surface area (Å²) in [5, 5.41) is 1.33. The number of rotatable bonds is 2. The first kappa shape index (κ1) is 13.4. The highest BCUT2D eigenvalue weighted by atomic mass is 16.8. The van der Waals surface area contributed by atoms with E-state index in [-0.39, 0.29) is 11.8 Å². The fraction of sp³-hybridized carbons (Fsp3) is 0.909. The van der Waals surface area contributed by atoms with Crippen LogP contribution in [0.15, 0.2) is 0 Å². The summed E-state index contributed by atoms with van der Waals surface area (Å²) in [6, 6.07) is 0. The van der Waals surface area contributed by atoms with Gasteiger partial charge in [-0.1, -0.05) is 20.3 Å². The smallest absolute Gasteiger partial charge is 0.249 e. The lowest BCUT2D eigenvalue weighted by Gasteiger charge is -2.39. The van der Waals surface area contributed by atoms with E-state index in [1.54, 1.807) is 7.05 Å². The average Bonchev–Trinajstić information content (AvgIpc) is 2.55. The van der Waals surface area contributed by atoms with Crippen LogP contribution in [-0.4, -0.2) is 23.7 Å². The van der Waals surface area contributed by atoms with Crippen molar-refractivity contribution >= 4 is 5.91 Å². The Balaban J connectivity index is 0.000000606. The molecular formula is C11H23N3O2. The normalized spacial score (nSPS) is 33.1. The largest absolute Gasteiger partial charge is 0.306 e. The van der Waals surface area contributed by atoms with E-state index in [0.29, 0.717) is 6.42 Å². The Morgan fingerprint density at radius 2 is 2.19 bits per heavy atom. The highest BCUT2D eigenvalue weighted by Crippen LogP contribution is 2.42. The highest BCUT2D eigenvalue weighted by molar-refractivity contribution is 5.79. The van der Waals surface area contributed by atoms with Gasteiger partial charge in [0.15, 0.2) is 0 Å². The molecule has 2 fully saturated rings. The quantitative estimate of drug-likeness (QED) is 0.697. The summed E-state index contributed by atoms with van der Waals surface area (Å²) in [7, 11) is 1.63. The van der Waals surface area contributed by atoms with Crippen LogP contribution in [0.2, 0.25) is 0 Å². The van der Waals surface area contributed by atoms with Gasteiger partial charge in [-0.3, -0.25) is 4.79 Å². The van der Waals surface area contributed by atoms with Crippen molar-refractivity contribution in [3.63, 3.8) is 0 Å². The van der Waals surface area contributed by atoms with Gasteiger partial charge in [0.2, 0.25) is 5.91 Å². The summed E-state index contributed by atoms with van der Waals surface area (Å²) in [5.74, 6) is 0.255. The monoisotopic (exact) mass is 229 g/mol. The van der Waals surface area contributed by atoms with Crippen molar-refractivity contribution in [2.24, 2.45) is 11.7 Å². The van der Waals surface area contributed by atoms with Gasteiger partial charge in [0.05, 0.1) is 0 Å². The molecule has 1 aliphatic carbocycles. The van der Waals surface area contributed by atoms with Gasteiger partial charge in [-0.25, -0.2) is 0 Å². The Hall–Kier alpha value is -0.650. The van der Waals surface area contributed by atoms with Gasteiger partial charge in [0.1, 0.15) is 5.66 Å². The van der Waals surface area contributed by atoms with Gasteiger partial charge in [-0.2, -0.15) is 15.5 Å². The van der Waals surface area contributed by atoms with Gasteiger partial charge in [0.25, 0.3) is 0 Å². The molecule has 1 saturated carbocycles. The molecule has 1 saturated heterocycles. The second-order valence-electron chi connectivity index (χ2n) is 4.12. The van der Waals surface area contributed by atoms with E-state index < -0.39 is 5.66 Å². The molecule has 0 aromatic carbocycles. The van der Waals surface area contributed by atoms with Gasteiger partial charge in [0, 0.05) is 19.4 Å². The van der Waals surface area contributed by atoms with E-state index in [2.05, 4.69) is 5.48 Å². The third kappa shape index (κ3) is 2.21. The summed E-state index contributed by atoms with van der Waals surface area (Å²) in [5.41, 5.74) is 8.18. The molecule has 5 heteroatoms. The van der Waals surface area contributed by atoms with Crippen molar-refractivity contribution < 1.29 is 9.73 Å². The molecule has 2 unspecified atom stereocenters. The van der Waals surface area contributed by atoms with Crippen LogP contribution >= 0.6 is 0 Å². The molecule has 1 amide bonds. The predicted molar refractivity (Wildman–Crippen MR) is 61.8 cm³/mol. The molecule has 0 bridgehead atoms. The summed E-state index contributed by atoms with van der Waals surface area (Å²) in [6.07, 6.45) is 4.64. The Morgan fingerprint density at radius 1 is 1.50 bits per heavy atom. The Kier molecular flexibility index (Phi) is 4.70. The highest BCUT2D eigenvalue weighted by Gasteiger charge is 2.52. The molecule has 5 nitrogen and oxygen atoms in total. The number of hydroxylamine groups is 3. The number of nitrogens with one attached hydrogen (secondary N) is 1. The summed E-state index contributed by atoms with van der Waals surface area (Å²) < 4.78 is 0. The number of hydrogen-bond acceptors (Lipinski definition) is 4. The SMILES string of the molecule is CC.CNON1C(=O)CC2CCCCC21N. The molecule has 1 heterocycles. The number of carbonyl (C=O) groups is 1. The van der Waals surface area contributed by atoms with Crippen LogP contribution in [0.3, 0.4) is 0 Å². The lowest BCUT2D eigenvalue weighted by Crippen LogP contribution is -2.58. The minimum Gasteiger partial charge on any atom is -0.306 e. The molecule has 0 radical (unpaired) electrons. The fourth-order valence-electron chi connectivity index (χ4n) is 2.55. The minimum absolute atomic E-state index is 0.00579. The first-order chi connectivity index (χ1) is 7.68. The molecule has 16 heavy (non-hydrogen) atoms. The number of carbonyl (C=O) groups excluding carboxylic acids is 1. The van der Waals surface area contributed by atoms with Crippen molar-refractivity contribution in [3.8, 4) is 0 Å². The van der Waals surface area contributed by atoms with Crippen LogP contribution in [0, 0.1) is 5.92 Å². The third-order valence-electron chi connectivity index (χ3n) is 3.30. The molecular weight excluding hydrogens is 206 g/mol. The Bertz CT molecular complexity index is 247. The van der Waals surface area contributed by atoms with Crippen LogP contribution < -0.4 is 11.2 Å². The standard InChI is InChI=1S/C9H17N3O2.C2H6/c1-11-14-12-8(13)6-7-4-2-3-5-9(7,12)10;1-2/h7,11H,2-6,10H2,1H3;1-2H3.